The highest BCUT2D eigenvalue weighted by Crippen LogP contribution is 2.20. The normalized spacial score (nSPS) is 28.2. The van der Waals surface area contributed by atoms with E-state index in [9.17, 15) is 8.42 Å². The quantitative estimate of drug-likeness (QED) is 0.838. The number of hydrogen-bond acceptors (Lipinski definition) is 4. The largest absolute Gasteiger partial charge is 0.317 e. The summed E-state index contributed by atoms with van der Waals surface area (Å²) in [4.78, 5) is 2.26. The van der Waals surface area contributed by atoms with Crippen LogP contribution in [-0.2, 0) is 9.84 Å². The van der Waals surface area contributed by atoms with E-state index in [4.69, 9.17) is 0 Å². The third-order valence-corrected chi connectivity index (χ3v) is 5.93. The maximum absolute atomic E-state index is 11.4. The first-order valence-corrected chi connectivity index (χ1v) is 8.50. The second-order valence-electron chi connectivity index (χ2n) is 5.52. The highest BCUT2D eigenvalue weighted by atomic mass is 35.5. The lowest BCUT2D eigenvalue weighted by atomic mass is 9.94. The van der Waals surface area contributed by atoms with Gasteiger partial charge in [0.05, 0.1) is 11.5 Å². The number of nitrogens with zero attached hydrogens (tertiary/aromatic N) is 1. The molecule has 108 valence electrons. The van der Waals surface area contributed by atoms with Crippen molar-refractivity contribution in [1.82, 2.24) is 10.2 Å². The number of halogens is 1. The van der Waals surface area contributed by atoms with Crippen LogP contribution in [0.3, 0.4) is 0 Å². The first-order chi connectivity index (χ1) is 8.07. The summed E-state index contributed by atoms with van der Waals surface area (Å²) in [6.07, 6.45) is 4.59. The second kappa shape index (κ2) is 7.08. The molecule has 0 saturated carbocycles. The average Bonchev–Trinajstić information content (AvgIpc) is 2.68. The minimum absolute atomic E-state index is 0. The molecule has 2 saturated heterocycles. The molecule has 1 N–H and O–H groups in total. The molecule has 18 heavy (non-hydrogen) atoms. The Bertz CT molecular complexity index is 342. The molecule has 0 aromatic carbocycles. The van der Waals surface area contributed by atoms with Gasteiger partial charge in [-0.15, -0.1) is 12.4 Å². The Morgan fingerprint density at radius 2 is 1.89 bits per heavy atom. The molecule has 0 bridgehead atoms. The predicted molar refractivity (Wildman–Crippen MR) is 77.1 cm³/mol. The van der Waals surface area contributed by atoms with Crippen LogP contribution in [-0.4, -0.2) is 57.5 Å². The van der Waals surface area contributed by atoms with Crippen molar-refractivity contribution in [2.24, 2.45) is 5.92 Å². The molecular weight excluding hydrogens is 272 g/mol. The van der Waals surface area contributed by atoms with Gasteiger partial charge in [0, 0.05) is 6.04 Å². The average molecular weight is 297 g/mol. The van der Waals surface area contributed by atoms with E-state index in [1.807, 2.05) is 0 Å². The van der Waals surface area contributed by atoms with Gasteiger partial charge in [0.15, 0.2) is 9.84 Å². The Morgan fingerprint density at radius 1 is 1.22 bits per heavy atom. The lowest BCUT2D eigenvalue weighted by molar-refractivity contribution is 0.227. The van der Waals surface area contributed by atoms with Crippen LogP contribution in [0.25, 0.3) is 0 Å². The van der Waals surface area contributed by atoms with Crippen LogP contribution >= 0.6 is 12.4 Å². The molecule has 0 aromatic rings. The summed E-state index contributed by atoms with van der Waals surface area (Å²) in [7, 11) is -0.659. The van der Waals surface area contributed by atoms with E-state index in [2.05, 4.69) is 17.3 Å². The fraction of sp³-hybridized carbons (Fsp3) is 1.00. The number of sulfone groups is 1. The number of rotatable bonds is 4. The molecule has 0 aliphatic carbocycles. The highest BCUT2D eigenvalue weighted by Gasteiger charge is 2.30. The van der Waals surface area contributed by atoms with E-state index in [0.29, 0.717) is 11.5 Å². The predicted octanol–water partition coefficient (Wildman–Crippen LogP) is 0.917. The van der Waals surface area contributed by atoms with Gasteiger partial charge in [0.1, 0.15) is 0 Å². The lowest BCUT2D eigenvalue weighted by Crippen LogP contribution is -2.35. The third-order valence-electron chi connectivity index (χ3n) is 4.18. The summed E-state index contributed by atoms with van der Waals surface area (Å²) in [6, 6.07) is 0.265. The summed E-state index contributed by atoms with van der Waals surface area (Å²) < 4.78 is 22.8. The van der Waals surface area contributed by atoms with Crippen LogP contribution in [0.4, 0.5) is 0 Å². The van der Waals surface area contributed by atoms with E-state index in [-0.39, 0.29) is 18.4 Å². The molecule has 0 aromatic heterocycles. The molecule has 0 radical (unpaired) electrons. The van der Waals surface area contributed by atoms with E-state index >= 15 is 0 Å². The molecule has 2 rings (SSSR count). The number of piperidine rings is 1. The maximum atomic E-state index is 11.4. The van der Waals surface area contributed by atoms with Crippen LogP contribution in [0, 0.1) is 5.92 Å². The summed E-state index contributed by atoms with van der Waals surface area (Å²) in [5, 5.41) is 3.38. The van der Waals surface area contributed by atoms with Crippen LogP contribution in [0.15, 0.2) is 0 Å². The fourth-order valence-electron chi connectivity index (χ4n) is 2.86. The van der Waals surface area contributed by atoms with Gasteiger partial charge in [-0.3, -0.25) is 0 Å². The lowest BCUT2D eigenvalue weighted by Gasteiger charge is -2.27. The Kier molecular flexibility index (Phi) is 6.38. The Labute approximate surface area is 117 Å². The van der Waals surface area contributed by atoms with Crippen molar-refractivity contribution in [3.63, 3.8) is 0 Å². The number of nitrogens with one attached hydrogen (secondary N) is 1. The van der Waals surface area contributed by atoms with Crippen molar-refractivity contribution in [3.8, 4) is 0 Å². The number of hydrogen-bond donors (Lipinski definition) is 1. The Morgan fingerprint density at radius 3 is 2.44 bits per heavy atom. The monoisotopic (exact) mass is 296 g/mol. The molecule has 2 heterocycles. The van der Waals surface area contributed by atoms with Crippen LogP contribution in [0.5, 0.6) is 0 Å². The van der Waals surface area contributed by atoms with E-state index in [0.717, 1.165) is 32.0 Å². The highest BCUT2D eigenvalue weighted by molar-refractivity contribution is 7.91. The third kappa shape index (κ3) is 4.68. The molecule has 0 spiro atoms. The van der Waals surface area contributed by atoms with Crippen LogP contribution < -0.4 is 5.32 Å². The van der Waals surface area contributed by atoms with Gasteiger partial charge < -0.3 is 10.2 Å². The van der Waals surface area contributed by atoms with E-state index in [1.54, 1.807) is 0 Å². The van der Waals surface area contributed by atoms with Crippen molar-refractivity contribution in [1.29, 1.82) is 0 Å². The summed E-state index contributed by atoms with van der Waals surface area (Å²) in [5.74, 6) is 1.59. The Balaban J connectivity index is 0.00000162. The van der Waals surface area contributed by atoms with Gasteiger partial charge in [-0.05, 0) is 58.3 Å². The van der Waals surface area contributed by atoms with Gasteiger partial charge in [-0.25, -0.2) is 8.42 Å². The van der Waals surface area contributed by atoms with E-state index < -0.39 is 9.84 Å². The van der Waals surface area contributed by atoms with Gasteiger partial charge in [-0.2, -0.15) is 0 Å². The molecule has 2 fully saturated rings. The molecular formula is C12H25ClN2O2S. The summed E-state index contributed by atoms with van der Waals surface area (Å²) in [6.45, 7) is 3.34. The smallest absolute Gasteiger partial charge is 0.151 e. The van der Waals surface area contributed by atoms with E-state index in [1.165, 1.54) is 19.3 Å². The zero-order valence-corrected chi connectivity index (χ0v) is 12.7. The standard InChI is InChI=1S/C12H24N2O2S.ClH/c1-14(12-5-9-17(15,16)10-12)8-4-11-2-6-13-7-3-11;/h11-13H,2-10H2,1H3;1H. The van der Waals surface area contributed by atoms with Crippen molar-refractivity contribution >= 4 is 22.2 Å². The maximum Gasteiger partial charge on any atom is 0.151 e. The topological polar surface area (TPSA) is 49.4 Å². The molecule has 2 aliphatic rings. The molecule has 6 heteroatoms. The molecule has 0 amide bonds. The zero-order valence-electron chi connectivity index (χ0n) is 11.1. The zero-order chi connectivity index (χ0) is 12.3. The molecule has 2 aliphatic heterocycles. The first-order valence-electron chi connectivity index (χ1n) is 6.68. The van der Waals surface area contributed by atoms with Crippen LogP contribution in [0.1, 0.15) is 25.7 Å². The van der Waals surface area contributed by atoms with Crippen LogP contribution in [0.2, 0.25) is 0 Å². The summed E-state index contributed by atoms with van der Waals surface area (Å²) in [5.41, 5.74) is 0. The minimum Gasteiger partial charge on any atom is -0.317 e. The van der Waals surface area contributed by atoms with Crippen molar-refractivity contribution in [2.45, 2.75) is 31.7 Å². The molecule has 1 atom stereocenters. The van der Waals surface area contributed by atoms with Crippen molar-refractivity contribution < 1.29 is 8.42 Å². The first kappa shape index (κ1) is 16.2. The molecule has 4 nitrogen and oxygen atoms in total. The second-order valence-corrected chi connectivity index (χ2v) is 7.75. The van der Waals surface area contributed by atoms with Crippen molar-refractivity contribution in [3.05, 3.63) is 0 Å². The minimum atomic E-state index is -2.74. The van der Waals surface area contributed by atoms with Gasteiger partial charge >= 0.3 is 0 Å². The van der Waals surface area contributed by atoms with Gasteiger partial charge in [0.2, 0.25) is 0 Å². The summed E-state index contributed by atoms with van der Waals surface area (Å²) >= 11 is 0. The SMILES string of the molecule is CN(CCC1CCNCC1)C1CCS(=O)(=O)C1.Cl. The molecule has 1 unspecified atom stereocenters. The van der Waals surface area contributed by atoms with Gasteiger partial charge in [0.25, 0.3) is 0 Å². The van der Waals surface area contributed by atoms with Crippen molar-refractivity contribution in [2.75, 3.05) is 38.2 Å². The fourth-order valence-corrected chi connectivity index (χ4v) is 4.67. The Hall–Kier alpha value is 0.160. The van der Waals surface area contributed by atoms with Gasteiger partial charge in [-0.1, -0.05) is 0 Å².